The first-order valence-electron chi connectivity index (χ1n) is 4.76. The number of aromatic nitrogens is 1. The van der Waals surface area contributed by atoms with Gasteiger partial charge in [-0.15, -0.1) is 0 Å². The molecule has 1 N–H and O–H groups in total. The van der Waals surface area contributed by atoms with Gasteiger partial charge in [-0.3, -0.25) is 0 Å². The van der Waals surface area contributed by atoms with Crippen LogP contribution in [0.2, 0.25) is 0 Å². The van der Waals surface area contributed by atoms with Crippen LogP contribution in [0.4, 0.5) is 20.2 Å². The molecule has 5 heteroatoms. The third-order valence-corrected chi connectivity index (χ3v) is 2.03. The standard InChI is InChI=1S/C12H7F2N3/c13-8-3-9(14)5-11(4-8)17-10-1-2-16-12(6-10)7-15/h1-6H,(H,16,17). The summed E-state index contributed by atoms with van der Waals surface area (Å²) < 4.78 is 25.9. The summed E-state index contributed by atoms with van der Waals surface area (Å²) in [7, 11) is 0. The third kappa shape index (κ3) is 2.75. The fourth-order valence-corrected chi connectivity index (χ4v) is 1.36. The molecule has 0 saturated carbocycles. The summed E-state index contributed by atoms with van der Waals surface area (Å²) in [6.45, 7) is 0. The number of nitriles is 1. The van der Waals surface area contributed by atoms with Gasteiger partial charge in [0.15, 0.2) is 0 Å². The predicted molar refractivity (Wildman–Crippen MR) is 58.6 cm³/mol. The summed E-state index contributed by atoms with van der Waals surface area (Å²) in [6, 6.07) is 8.08. The largest absolute Gasteiger partial charge is 0.355 e. The molecule has 0 aliphatic carbocycles. The van der Waals surface area contributed by atoms with Crippen LogP contribution in [-0.4, -0.2) is 4.98 Å². The lowest BCUT2D eigenvalue weighted by molar-refractivity contribution is 0.584. The zero-order valence-corrected chi connectivity index (χ0v) is 8.61. The Hall–Kier alpha value is -2.48. The lowest BCUT2D eigenvalue weighted by Crippen LogP contribution is -1.94. The summed E-state index contributed by atoms with van der Waals surface area (Å²) in [4.78, 5) is 3.79. The van der Waals surface area contributed by atoms with Crippen molar-refractivity contribution in [2.75, 3.05) is 5.32 Å². The Balaban J connectivity index is 2.28. The van der Waals surface area contributed by atoms with Crippen molar-refractivity contribution >= 4 is 11.4 Å². The molecule has 0 unspecified atom stereocenters. The minimum atomic E-state index is -0.665. The topological polar surface area (TPSA) is 48.7 Å². The van der Waals surface area contributed by atoms with E-state index in [1.807, 2.05) is 6.07 Å². The molecule has 0 bridgehead atoms. The first-order valence-corrected chi connectivity index (χ1v) is 4.76. The van der Waals surface area contributed by atoms with Crippen molar-refractivity contribution in [3.8, 4) is 6.07 Å². The Morgan fingerprint density at radius 3 is 2.41 bits per heavy atom. The maximum absolute atomic E-state index is 12.9. The molecule has 0 radical (unpaired) electrons. The molecule has 0 aliphatic heterocycles. The quantitative estimate of drug-likeness (QED) is 0.864. The van der Waals surface area contributed by atoms with Crippen molar-refractivity contribution in [1.82, 2.24) is 4.98 Å². The van der Waals surface area contributed by atoms with Gasteiger partial charge in [-0.1, -0.05) is 0 Å². The molecule has 84 valence electrons. The van der Waals surface area contributed by atoms with Gasteiger partial charge in [0.2, 0.25) is 0 Å². The molecule has 0 amide bonds. The molecule has 0 atom stereocenters. The minimum absolute atomic E-state index is 0.229. The molecule has 1 aromatic heterocycles. The third-order valence-electron chi connectivity index (χ3n) is 2.03. The molecule has 1 aromatic carbocycles. The number of rotatable bonds is 2. The van der Waals surface area contributed by atoms with Crippen LogP contribution in [0, 0.1) is 23.0 Å². The number of hydrogen-bond donors (Lipinski definition) is 1. The Morgan fingerprint density at radius 2 is 1.76 bits per heavy atom. The summed E-state index contributed by atoms with van der Waals surface area (Å²) in [5, 5.41) is 11.4. The summed E-state index contributed by atoms with van der Waals surface area (Å²) in [5.74, 6) is -1.33. The van der Waals surface area contributed by atoms with Gasteiger partial charge < -0.3 is 5.32 Å². The molecule has 0 fully saturated rings. The van der Waals surface area contributed by atoms with Crippen LogP contribution < -0.4 is 5.32 Å². The van der Waals surface area contributed by atoms with Crippen LogP contribution >= 0.6 is 0 Å². The Bertz CT molecular complexity index is 570. The van der Waals surface area contributed by atoms with Gasteiger partial charge in [0.25, 0.3) is 0 Å². The van der Waals surface area contributed by atoms with Crippen molar-refractivity contribution in [3.63, 3.8) is 0 Å². The number of nitrogens with zero attached hydrogens (tertiary/aromatic N) is 2. The zero-order valence-electron chi connectivity index (χ0n) is 8.61. The van der Waals surface area contributed by atoms with E-state index in [0.29, 0.717) is 5.69 Å². The molecular weight excluding hydrogens is 224 g/mol. The first-order chi connectivity index (χ1) is 8.17. The van der Waals surface area contributed by atoms with Crippen LogP contribution in [0.15, 0.2) is 36.5 Å². The van der Waals surface area contributed by atoms with Crippen LogP contribution in [0.3, 0.4) is 0 Å². The highest BCUT2D eigenvalue weighted by atomic mass is 19.1. The van der Waals surface area contributed by atoms with Crippen LogP contribution in [0.25, 0.3) is 0 Å². The van der Waals surface area contributed by atoms with Crippen LogP contribution in [-0.2, 0) is 0 Å². The highest BCUT2D eigenvalue weighted by Gasteiger charge is 2.01. The van der Waals surface area contributed by atoms with Crippen LogP contribution in [0.5, 0.6) is 0 Å². The Labute approximate surface area is 96.3 Å². The van der Waals surface area contributed by atoms with E-state index < -0.39 is 11.6 Å². The van der Waals surface area contributed by atoms with Gasteiger partial charge in [-0.05, 0) is 24.3 Å². The van der Waals surface area contributed by atoms with Crippen molar-refractivity contribution < 1.29 is 8.78 Å². The molecule has 2 aromatic rings. The van der Waals surface area contributed by atoms with Gasteiger partial charge in [0.05, 0.1) is 0 Å². The van der Waals surface area contributed by atoms with Crippen molar-refractivity contribution in [3.05, 3.63) is 53.9 Å². The van der Waals surface area contributed by atoms with Crippen molar-refractivity contribution in [1.29, 1.82) is 5.26 Å². The van der Waals surface area contributed by atoms with E-state index in [0.717, 1.165) is 18.2 Å². The molecular formula is C12H7F2N3. The lowest BCUT2D eigenvalue weighted by Gasteiger charge is -2.06. The second-order valence-electron chi connectivity index (χ2n) is 3.32. The monoisotopic (exact) mass is 231 g/mol. The first kappa shape index (κ1) is 11.0. The number of benzene rings is 1. The zero-order chi connectivity index (χ0) is 12.3. The van der Waals surface area contributed by atoms with Gasteiger partial charge >= 0.3 is 0 Å². The summed E-state index contributed by atoms with van der Waals surface area (Å²) >= 11 is 0. The van der Waals surface area contributed by atoms with Crippen LogP contribution in [0.1, 0.15) is 5.69 Å². The average molecular weight is 231 g/mol. The van der Waals surface area contributed by atoms with E-state index in [-0.39, 0.29) is 11.4 Å². The molecule has 1 heterocycles. The highest BCUT2D eigenvalue weighted by Crippen LogP contribution is 2.18. The molecule has 0 aliphatic rings. The van der Waals surface area contributed by atoms with Gasteiger partial charge in [-0.25, -0.2) is 13.8 Å². The summed E-state index contributed by atoms with van der Waals surface area (Å²) in [6.07, 6.45) is 1.44. The maximum atomic E-state index is 12.9. The minimum Gasteiger partial charge on any atom is -0.355 e. The summed E-state index contributed by atoms with van der Waals surface area (Å²) in [5.41, 5.74) is 1.05. The van der Waals surface area contributed by atoms with E-state index in [9.17, 15) is 8.78 Å². The van der Waals surface area contributed by atoms with Gasteiger partial charge in [-0.2, -0.15) is 5.26 Å². The van der Waals surface area contributed by atoms with Crippen molar-refractivity contribution in [2.24, 2.45) is 0 Å². The molecule has 17 heavy (non-hydrogen) atoms. The molecule has 3 nitrogen and oxygen atoms in total. The second-order valence-corrected chi connectivity index (χ2v) is 3.32. The fraction of sp³-hybridized carbons (Fsp3) is 0. The number of nitrogens with one attached hydrogen (secondary N) is 1. The van der Waals surface area contributed by atoms with Gasteiger partial charge in [0.1, 0.15) is 23.4 Å². The number of pyridine rings is 1. The van der Waals surface area contributed by atoms with Crippen molar-refractivity contribution in [2.45, 2.75) is 0 Å². The molecule has 2 rings (SSSR count). The normalized spacial score (nSPS) is 9.71. The van der Waals surface area contributed by atoms with Gasteiger partial charge in [0, 0.05) is 23.6 Å². The van der Waals surface area contributed by atoms with E-state index >= 15 is 0 Å². The number of hydrogen-bond acceptors (Lipinski definition) is 3. The average Bonchev–Trinajstić information content (AvgIpc) is 2.28. The number of halogens is 2. The van der Waals surface area contributed by atoms with E-state index in [4.69, 9.17) is 5.26 Å². The molecule has 0 saturated heterocycles. The van der Waals surface area contributed by atoms with E-state index in [1.54, 1.807) is 6.07 Å². The Morgan fingerprint density at radius 1 is 1.06 bits per heavy atom. The van der Waals surface area contributed by atoms with E-state index in [2.05, 4.69) is 10.3 Å². The lowest BCUT2D eigenvalue weighted by atomic mass is 10.2. The number of anilines is 2. The Kier molecular flexibility index (Phi) is 2.97. The maximum Gasteiger partial charge on any atom is 0.142 e. The fourth-order valence-electron chi connectivity index (χ4n) is 1.36. The smallest absolute Gasteiger partial charge is 0.142 e. The second kappa shape index (κ2) is 4.58. The SMILES string of the molecule is N#Cc1cc(Nc2cc(F)cc(F)c2)ccn1. The van der Waals surface area contributed by atoms with E-state index in [1.165, 1.54) is 12.3 Å². The highest BCUT2D eigenvalue weighted by molar-refractivity contribution is 5.60. The molecule has 0 spiro atoms. The predicted octanol–water partition coefficient (Wildman–Crippen LogP) is 2.98.